The number of nitrogens with one attached hydrogen (secondary N) is 1. The number of alkyl carbamates (subject to hydrolysis) is 1. The molecule has 0 radical (unpaired) electrons. The van der Waals surface area contributed by atoms with Crippen molar-refractivity contribution in [2.45, 2.75) is 33.5 Å². The number of hydrogen-bond acceptors (Lipinski definition) is 5. The van der Waals surface area contributed by atoms with Crippen LogP contribution in [0.15, 0.2) is 30.9 Å². The van der Waals surface area contributed by atoms with E-state index in [1.165, 1.54) is 6.08 Å². The van der Waals surface area contributed by atoms with Gasteiger partial charge in [-0.1, -0.05) is 32.6 Å². The van der Waals surface area contributed by atoms with Gasteiger partial charge in [-0.25, -0.2) is 4.79 Å². The van der Waals surface area contributed by atoms with Crippen LogP contribution in [-0.2, 0) is 18.0 Å². The molecule has 23 heavy (non-hydrogen) atoms. The van der Waals surface area contributed by atoms with Crippen molar-refractivity contribution in [2.75, 3.05) is 19.8 Å². The van der Waals surface area contributed by atoms with E-state index in [2.05, 4.69) is 11.9 Å². The highest BCUT2D eigenvalue weighted by Gasteiger charge is 2.02. The zero-order valence-electron chi connectivity index (χ0n) is 13.9. The minimum Gasteiger partial charge on any atom is -0.494 e. The molecule has 1 aromatic carbocycles. The van der Waals surface area contributed by atoms with E-state index in [9.17, 15) is 4.79 Å². The number of benzene rings is 1. The maximum atomic E-state index is 11.1. The lowest BCUT2D eigenvalue weighted by Gasteiger charge is -2.10. The van der Waals surface area contributed by atoms with Crippen LogP contribution in [0.2, 0.25) is 0 Å². The number of carbonyl (C=O) groups excluding carboxylic acids is 1. The second-order valence-corrected chi connectivity index (χ2v) is 4.32. The topological polar surface area (TPSA) is 88.0 Å². The molecule has 0 saturated heterocycles. The Balaban J connectivity index is 0.00000232. The second kappa shape index (κ2) is 13.6. The molecule has 0 aliphatic heterocycles. The molecular formula is C17H27NO5. The average Bonchev–Trinajstić information content (AvgIpc) is 2.60. The Morgan fingerprint density at radius 1 is 1.22 bits per heavy atom. The molecular weight excluding hydrogens is 298 g/mol. The summed E-state index contributed by atoms with van der Waals surface area (Å²) >= 11 is 0. The normalized spacial score (nSPS) is 9.39. The lowest BCUT2D eigenvalue weighted by atomic mass is 10.1. The first-order valence-electron chi connectivity index (χ1n) is 7.68. The fourth-order valence-electron chi connectivity index (χ4n) is 1.63. The van der Waals surface area contributed by atoms with Gasteiger partial charge in [0.1, 0.15) is 12.4 Å². The molecule has 1 amide bonds. The quantitative estimate of drug-likeness (QED) is 0.479. The van der Waals surface area contributed by atoms with Gasteiger partial charge in [0, 0.05) is 6.54 Å². The van der Waals surface area contributed by atoms with E-state index in [1.54, 1.807) is 18.2 Å². The largest absolute Gasteiger partial charge is 0.494 e. The predicted octanol–water partition coefficient (Wildman–Crippen LogP) is 2.38. The van der Waals surface area contributed by atoms with Gasteiger partial charge in [-0.3, -0.25) is 0 Å². The second-order valence-electron chi connectivity index (χ2n) is 4.32. The SMILES string of the molecule is C=CCOC(=O)NCCCOc1cc(CO)cc(CO)c1.CC. The van der Waals surface area contributed by atoms with Gasteiger partial charge >= 0.3 is 6.09 Å². The number of hydrogen-bond donors (Lipinski definition) is 3. The van der Waals surface area contributed by atoms with E-state index in [0.717, 1.165) is 0 Å². The Morgan fingerprint density at radius 3 is 2.35 bits per heavy atom. The van der Waals surface area contributed by atoms with E-state index in [1.807, 2.05) is 13.8 Å². The van der Waals surface area contributed by atoms with Crippen LogP contribution in [0.4, 0.5) is 4.79 Å². The molecule has 6 nitrogen and oxygen atoms in total. The fraction of sp³-hybridized carbons (Fsp3) is 0.471. The molecule has 0 saturated carbocycles. The number of aliphatic hydroxyl groups excluding tert-OH is 2. The highest BCUT2D eigenvalue weighted by atomic mass is 16.5. The summed E-state index contributed by atoms with van der Waals surface area (Å²) < 4.78 is 10.3. The summed E-state index contributed by atoms with van der Waals surface area (Å²) in [5.74, 6) is 0.583. The molecule has 130 valence electrons. The van der Waals surface area contributed by atoms with Crippen molar-refractivity contribution in [1.82, 2.24) is 5.32 Å². The molecule has 0 unspecified atom stereocenters. The van der Waals surface area contributed by atoms with Crippen LogP contribution >= 0.6 is 0 Å². The van der Waals surface area contributed by atoms with E-state index < -0.39 is 6.09 Å². The molecule has 1 aromatic rings. The Hall–Kier alpha value is -2.05. The molecule has 1 rings (SSSR count). The van der Waals surface area contributed by atoms with Gasteiger partial charge in [0.05, 0.1) is 19.8 Å². The third-order valence-electron chi connectivity index (χ3n) is 2.58. The van der Waals surface area contributed by atoms with E-state index in [-0.39, 0.29) is 19.8 Å². The van der Waals surface area contributed by atoms with Crippen LogP contribution in [0, 0.1) is 0 Å². The summed E-state index contributed by atoms with van der Waals surface area (Å²) in [5.41, 5.74) is 1.37. The minimum absolute atomic E-state index is 0.110. The Labute approximate surface area is 137 Å². The highest BCUT2D eigenvalue weighted by Crippen LogP contribution is 2.17. The third-order valence-corrected chi connectivity index (χ3v) is 2.58. The van der Waals surface area contributed by atoms with Crippen molar-refractivity contribution >= 4 is 6.09 Å². The zero-order chi connectivity index (χ0) is 17.5. The first-order valence-corrected chi connectivity index (χ1v) is 7.68. The van der Waals surface area contributed by atoms with Crippen LogP contribution in [0.3, 0.4) is 0 Å². The molecule has 0 aliphatic rings. The summed E-state index contributed by atoms with van der Waals surface area (Å²) in [6.45, 7) is 8.24. The van der Waals surface area contributed by atoms with Gasteiger partial charge < -0.3 is 25.0 Å². The van der Waals surface area contributed by atoms with Crippen LogP contribution in [0.1, 0.15) is 31.4 Å². The fourth-order valence-corrected chi connectivity index (χ4v) is 1.63. The number of rotatable bonds is 9. The molecule has 0 aliphatic carbocycles. The average molecular weight is 325 g/mol. The van der Waals surface area contributed by atoms with Crippen molar-refractivity contribution < 1.29 is 24.5 Å². The predicted molar refractivity (Wildman–Crippen MR) is 89.3 cm³/mol. The Morgan fingerprint density at radius 2 is 1.83 bits per heavy atom. The van der Waals surface area contributed by atoms with Gasteiger partial charge in [0.15, 0.2) is 0 Å². The molecule has 0 bridgehead atoms. The maximum Gasteiger partial charge on any atom is 0.407 e. The number of ether oxygens (including phenoxy) is 2. The summed E-state index contributed by atoms with van der Waals surface area (Å²) in [4.78, 5) is 11.1. The van der Waals surface area contributed by atoms with Gasteiger partial charge in [0.2, 0.25) is 0 Å². The van der Waals surface area contributed by atoms with Crippen LogP contribution in [0.25, 0.3) is 0 Å². The van der Waals surface area contributed by atoms with Crippen molar-refractivity contribution in [3.8, 4) is 5.75 Å². The molecule has 0 fully saturated rings. The number of amides is 1. The minimum atomic E-state index is -0.486. The van der Waals surface area contributed by atoms with Gasteiger partial charge in [-0.05, 0) is 29.7 Å². The summed E-state index contributed by atoms with van der Waals surface area (Å²) in [7, 11) is 0. The first kappa shape index (κ1) is 20.9. The third kappa shape index (κ3) is 9.55. The molecule has 0 atom stereocenters. The van der Waals surface area contributed by atoms with Crippen molar-refractivity contribution in [3.05, 3.63) is 42.0 Å². The zero-order valence-corrected chi connectivity index (χ0v) is 13.9. The molecule has 0 spiro atoms. The number of carbonyl (C=O) groups is 1. The first-order chi connectivity index (χ1) is 11.2. The molecule has 6 heteroatoms. The summed E-state index contributed by atoms with van der Waals surface area (Å²) in [6, 6.07) is 5.14. The highest BCUT2D eigenvalue weighted by molar-refractivity contribution is 5.67. The van der Waals surface area contributed by atoms with E-state index in [4.69, 9.17) is 19.7 Å². The monoisotopic (exact) mass is 325 g/mol. The van der Waals surface area contributed by atoms with Gasteiger partial charge in [-0.2, -0.15) is 0 Å². The van der Waals surface area contributed by atoms with E-state index in [0.29, 0.717) is 36.4 Å². The Kier molecular flexibility index (Phi) is 12.4. The van der Waals surface area contributed by atoms with Crippen LogP contribution in [0.5, 0.6) is 5.75 Å². The van der Waals surface area contributed by atoms with Crippen LogP contribution in [-0.4, -0.2) is 36.1 Å². The molecule has 0 aromatic heterocycles. The smallest absolute Gasteiger partial charge is 0.407 e. The maximum absolute atomic E-state index is 11.1. The molecule has 0 heterocycles. The summed E-state index contributed by atoms with van der Waals surface area (Å²) in [6.07, 6.45) is 1.62. The van der Waals surface area contributed by atoms with Crippen molar-refractivity contribution in [1.29, 1.82) is 0 Å². The van der Waals surface area contributed by atoms with Gasteiger partial charge in [-0.15, -0.1) is 0 Å². The standard InChI is InChI=1S/C15H21NO5.C2H6/c1-2-5-21-15(19)16-4-3-6-20-14-8-12(10-17)7-13(9-14)11-18;1-2/h2,7-9,17-18H,1,3-6,10-11H2,(H,16,19);1-2H3. The van der Waals surface area contributed by atoms with E-state index >= 15 is 0 Å². The van der Waals surface area contributed by atoms with Crippen molar-refractivity contribution in [3.63, 3.8) is 0 Å². The molecule has 3 N–H and O–H groups in total. The lowest BCUT2D eigenvalue weighted by Crippen LogP contribution is -2.26. The summed E-state index contributed by atoms with van der Waals surface area (Å²) in [5, 5.41) is 20.8. The lowest BCUT2D eigenvalue weighted by molar-refractivity contribution is 0.157. The Bertz CT molecular complexity index is 440. The van der Waals surface area contributed by atoms with Gasteiger partial charge in [0.25, 0.3) is 0 Å². The van der Waals surface area contributed by atoms with Crippen molar-refractivity contribution in [2.24, 2.45) is 0 Å². The number of aliphatic hydroxyl groups is 2. The van der Waals surface area contributed by atoms with Crippen LogP contribution < -0.4 is 10.1 Å².